The average molecular weight is 260 g/mol. The van der Waals surface area contributed by atoms with Gasteiger partial charge in [0.05, 0.1) is 12.2 Å². The Bertz CT molecular complexity index is 530. The summed E-state index contributed by atoms with van der Waals surface area (Å²) in [4.78, 5) is 0. The van der Waals surface area contributed by atoms with Crippen molar-refractivity contribution in [1.29, 1.82) is 0 Å². The van der Waals surface area contributed by atoms with Crippen LogP contribution in [0.15, 0.2) is 18.2 Å². The molecule has 7 heteroatoms. The summed E-state index contributed by atoms with van der Waals surface area (Å²) in [6.45, 7) is 0.433. The van der Waals surface area contributed by atoms with E-state index in [0.717, 1.165) is 14.7 Å². The third-order valence-corrected chi connectivity index (χ3v) is 4.34. The number of halogens is 1. The van der Waals surface area contributed by atoms with E-state index in [2.05, 4.69) is 0 Å². The van der Waals surface area contributed by atoms with E-state index in [0.29, 0.717) is 5.75 Å². The quantitative estimate of drug-likeness (QED) is 0.791. The number of hydrogen-bond donors (Lipinski definition) is 0. The number of ether oxygens (including phenoxy) is 1. The molecule has 5 nitrogen and oxygen atoms in total. The van der Waals surface area contributed by atoms with E-state index in [9.17, 15) is 12.8 Å². The van der Waals surface area contributed by atoms with Gasteiger partial charge in [0.1, 0.15) is 18.2 Å². The first-order valence-corrected chi connectivity index (χ1v) is 6.45. The topological polar surface area (TPSA) is 49.9 Å². The highest BCUT2D eigenvalue weighted by molar-refractivity contribution is 7.90. The van der Waals surface area contributed by atoms with Gasteiger partial charge >= 0.3 is 10.2 Å². The molecule has 94 valence electrons. The molecular formula is C10H13FN2O3S. The van der Waals surface area contributed by atoms with Crippen molar-refractivity contribution < 1.29 is 17.5 Å². The van der Waals surface area contributed by atoms with Crippen molar-refractivity contribution in [3.8, 4) is 5.75 Å². The summed E-state index contributed by atoms with van der Waals surface area (Å²) < 4.78 is 44.8. The van der Waals surface area contributed by atoms with Gasteiger partial charge in [0.15, 0.2) is 0 Å². The fraction of sp³-hybridized carbons (Fsp3) is 0.400. The van der Waals surface area contributed by atoms with Gasteiger partial charge in [-0.3, -0.25) is 4.31 Å². The highest BCUT2D eigenvalue weighted by Crippen LogP contribution is 2.34. The zero-order valence-electron chi connectivity index (χ0n) is 9.55. The van der Waals surface area contributed by atoms with Gasteiger partial charge in [0.25, 0.3) is 0 Å². The number of nitrogens with zero attached hydrogens (tertiary/aromatic N) is 2. The Morgan fingerprint density at radius 3 is 2.76 bits per heavy atom. The lowest BCUT2D eigenvalue weighted by Crippen LogP contribution is -2.44. The minimum Gasteiger partial charge on any atom is -0.489 e. The van der Waals surface area contributed by atoms with Gasteiger partial charge in [-0.1, -0.05) is 0 Å². The van der Waals surface area contributed by atoms with Gasteiger partial charge in [-0.15, -0.1) is 0 Å². The first-order chi connectivity index (χ1) is 7.93. The Hall–Kier alpha value is -1.34. The second kappa shape index (κ2) is 4.15. The van der Waals surface area contributed by atoms with Crippen LogP contribution in [0.1, 0.15) is 0 Å². The van der Waals surface area contributed by atoms with Gasteiger partial charge in [0.2, 0.25) is 0 Å². The van der Waals surface area contributed by atoms with E-state index in [-0.39, 0.29) is 18.8 Å². The van der Waals surface area contributed by atoms with Crippen LogP contribution in [-0.2, 0) is 10.2 Å². The lowest BCUT2D eigenvalue weighted by Gasteiger charge is -2.32. The van der Waals surface area contributed by atoms with Gasteiger partial charge in [-0.2, -0.15) is 12.7 Å². The van der Waals surface area contributed by atoms with E-state index < -0.39 is 16.0 Å². The van der Waals surface area contributed by atoms with Crippen LogP contribution >= 0.6 is 0 Å². The molecule has 17 heavy (non-hydrogen) atoms. The molecule has 0 saturated heterocycles. The molecule has 0 saturated carbocycles. The molecule has 0 unspecified atom stereocenters. The summed E-state index contributed by atoms with van der Waals surface area (Å²) in [5, 5.41) is 0. The van der Waals surface area contributed by atoms with E-state index >= 15 is 0 Å². The highest BCUT2D eigenvalue weighted by Gasteiger charge is 2.30. The minimum absolute atomic E-state index is 0.178. The molecule has 1 aliphatic heterocycles. The van der Waals surface area contributed by atoms with Crippen molar-refractivity contribution in [2.24, 2.45) is 0 Å². The molecule has 1 aromatic rings. The summed E-state index contributed by atoms with van der Waals surface area (Å²) in [7, 11) is -0.742. The molecule has 0 N–H and O–H groups in total. The molecule has 0 atom stereocenters. The van der Waals surface area contributed by atoms with Crippen LogP contribution in [0.25, 0.3) is 0 Å². The number of rotatable bonds is 2. The molecular weight excluding hydrogens is 247 g/mol. The predicted octanol–water partition coefficient (Wildman–Crippen LogP) is 0.831. The van der Waals surface area contributed by atoms with Crippen LogP contribution in [0.4, 0.5) is 10.1 Å². The van der Waals surface area contributed by atoms with E-state index in [1.807, 2.05) is 0 Å². The molecule has 2 rings (SSSR count). The fourth-order valence-electron chi connectivity index (χ4n) is 1.60. The van der Waals surface area contributed by atoms with Crippen molar-refractivity contribution in [1.82, 2.24) is 4.31 Å². The van der Waals surface area contributed by atoms with Crippen LogP contribution in [0.2, 0.25) is 0 Å². The summed E-state index contributed by atoms with van der Waals surface area (Å²) in [6, 6.07) is 3.84. The number of benzene rings is 1. The van der Waals surface area contributed by atoms with Crippen molar-refractivity contribution in [3.05, 3.63) is 24.0 Å². The second-order valence-corrected chi connectivity index (χ2v) is 5.89. The summed E-state index contributed by atoms with van der Waals surface area (Å²) in [6.07, 6.45) is 0. The van der Waals surface area contributed by atoms with Crippen LogP contribution in [0.3, 0.4) is 0 Å². The van der Waals surface area contributed by atoms with Crippen molar-refractivity contribution >= 4 is 15.9 Å². The molecule has 0 radical (unpaired) electrons. The minimum atomic E-state index is -3.61. The van der Waals surface area contributed by atoms with Gasteiger partial charge in [0, 0.05) is 20.2 Å². The van der Waals surface area contributed by atoms with Gasteiger partial charge < -0.3 is 4.74 Å². The number of fused-ring (bicyclic) bond motifs is 1. The zero-order valence-corrected chi connectivity index (χ0v) is 10.4. The lowest BCUT2D eigenvalue weighted by molar-refractivity contribution is 0.314. The molecule has 0 amide bonds. The normalized spacial score (nSPS) is 15.6. The van der Waals surface area contributed by atoms with Crippen molar-refractivity contribution in [3.63, 3.8) is 0 Å². The Labute approximate surface area is 99.6 Å². The standard InChI is InChI=1S/C10H13FN2O3S/c1-12(2)17(14,15)13-5-6-16-10-4-3-8(11)7-9(10)13/h3-4,7H,5-6H2,1-2H3. The van der Waals surface area contributed by atoms with E-state index in [1.165, 1.54) is 26.2 Å². The summed E-state index contributed by atoms with van der Waals surface area (Å²) in [5.74, 6) is -0.115. The van der Waals surface area contributed by atoms with Crippen molar-refractivity contribution in [2.75, 3.05) is 31.6 Å². The van der Waals surface area contributed by atoms with Crippen LogP contribution in [0, 0.1) is 5.82 Å². The summed E-state index contributed by atoms with van der Waals surface area (Å²) in [5.41, 5.74) is 0.241. The summed E-state index contributed by atoms with van der Waals surface area (Å²) >= 11 is 0. The lowest BCUT2D eigenvalue weighted by atomic mass is 10.2. The fourth-order valence-corrected chi connectivity index (χ4v) is 2.69. The molecule has 0 aromatic heterocycles. The van der Waals surface area contributed by atoms with Crippen molar-refractivity contribution in [2.45, 2.75) is 0 Å². The third kappa shape index (κ3) is 2.07. The Morgan fingerprint density at radius 1 is 1.41 bits per heavy atom. The number of hydrogen-bond acceptors (Lipinski definition) is 3. The largest absolute Gasteiger partial charge is 0.489 e. The smallest absolute Gasteiger partial charge is 0.303 e. The first-order valence-electron chi connectivity index (χ1n) is 5.05. The van der Waals surface area contributed by atoms with Crippen LogP contribution < -0.4 is 9.04 Å². The average Bonchev–Trinajstić information content (AvgIpc) is 2.27. The molecule has 1 aromatic carbocycles. The Morgan fingerprint density at radius 2 is 2.12 bits per heavy atom. The molecule has 1 aliphatic rings. The molecule has 0 bridgehead atoms. The molecule has 1 heterocycles. The first kappa shape index (κ1) is 12.1. The third-order valence-electron chi connectivity index (χ3n) is 2.48. The van der Waals surface area contributed by atoms with Crippen LogP contribution in [-0.4, -0.2) is 40.0 Å². The number of anilines is 1. The van der Waals surface area contributed by atoms with Gasteiger partial charge in [-0.25, -0.2) is 4.39 Å². The van der Waals surface area contributed by atoms with E-state index in [4.69, 9.17) is 4.74 Å². The maximum atomic E-state index is 13.2. The second-order valence-electron chi connectivity index (χ2n) is 3.82. The Kier molecular flexibility index (Phi) is 2.96. The van der Waals surface area contributed by atoms with Gasteiger partial charge in [-0.05, 0) is 12.1 Å². The Balaban J connectivity index is 2.52. The maximum absolute atomic E-state index is 13.2. The molecule has 0 aliphatic carbocycles. The molecule has 0 spiro atoms. The van der Waals surface area contributed by atoms with Crippen LogP contribution in [0.5, 0.6) is 5.75 Å². The monoisotopic (exact) mass is 260 g/mol. The molecule has 0 fully saturated rings. The van der Waals surface area contributed by atoms with E-state index in [1.54, 1.807) is 0 Å². The predicted molar refractivity (Wildman–Crippen MR) is 61.8 cm³/mol. The SMILES string of the molecule is CN(C)S(=O)(=O)N1CCOc2ccc(F)cc21. The zero-order chi connectivity index (χ0) is 12.6. The highest BCUT2D eigenvalue weighted by atomic mass is 32.2. The maximum Gasteiger partial charge on any atom is 0.303 e.